The smallest absolute Gasteiger partial charge is 0.322 e. The zero-order valence-corrected chi connectivity index (χ0v) is 23.1. The zero-order valence-electron chi connectivity index (χ0n) is 21.5. The summed E-state index contributed by atoms with van der Waals surface area (Å²) in [6.45, 7) is 0.478. The predicted molar refractivity (Wildman–Crippen MR) is 141 cm³/mol. The lowest BCUT2D eigenvalue weighted by Crippen LogP contribution is -2.46. The van der Waals surface area contributed by atoms with E-state index in [1.165, 1.54) is 12.1 Å². The number of carboxylic acids is 1. The van der Waals surface area contributed by atoms with Gasteiger partial charge in [-0.2, -0.15) is 4.31 Å². The number of sulfonamides is 2. The number of benzene rings is 2. The average Bonchev–Trinajstić information content (AvgIpc) is 2.99. The molecule has 1 atom stereocenters. The van der Waals surface area contributed by atoms with Gasteiger partial charge in [0.15, 0.2) is 0 Å². The molecule has 38 heavy (non-hydrogen) atoms. The van der Waals surface area contributed by atoms with Gasteiger partial charge in [0.25, 0.3) is 0 Å². The second-order valence-electron chi connectivity index (χ2n) is 8.73. The van der Waals surface area contributed by atoms with Gasteiger partial charge in [-0.1, -0.05) is 0 Å². The summed E-state index contributed by atoms with van der Waals surface area (Å²) in [4.78, 5) is 12.0. The predicted octanol–water partition coefficient (Wildman–Crippen LogP) is 1.87. The Morgan fingerprint density at radius 2 is 1.79 bits per heavy atom. The third-order valence-electron chi connectivity index (χ3n) is 5.90. The Morgan fingerprint density at radius 3 is 2.39 bits per heavy atom. The molecule has 210 valence electrons. The van der Waals surface area contributed by atoms with E-state index in [0.717, 1.165) is 16.1 Å². The number of ether oxygens (including phenoxy) is 3. The molecule has 3 N–H and O–H groups in total. The summed E-state index contributed by atoms with van der Waals surface area (Å²) in [5, 5.41) is 12.9. The number of carbonyl (C=O) groups is 1. The Labute approximate surface area is 223 Å². The summed E-state index contributed by atoms with van der Waals surface area (Å²) >= 11 is 0. The number of hydrogen-bond acceptors (Lipinski definition) is 9. The number of methoxy groups -OCH3 is 2. The molecule has 0 saturated carbocycles. The molecular formula is C24H33N3O9S2. The normalized spacial score (nSPS) is 16.0. The largest absolute Gasteiger partial charge is 0.497 e. The summed E-state index contributed by atoms with van der Waals surface area (Å²) in [5.41, 5.74) is 1.11. The number of anilines is 1. The topological polar surface area (TPSA) is 161 Å². The Kier molecular flexibility index (Phi) is 9.82. The molecule has 0 fully saturated rings. The van der Waals surface area contributed by atoms with Crippen LogP contribution in [0, 0.1) is 0 Å². The molecule has 0 aliphatic carbocycles. The minimum Gasteiger partial charge on any atom is -0.497 e. The molecule has 0 bridgehead atoms. The van der Waals surface area contributed by atoms with Gasteiger partial charge < -0.3 is 24.6 Å². The van der Waals surface area contributed by atoms with Crippen LogP contribution in [0.2, 0.25) is 0 Å². The molecule has 1 aliphatic heterocycles. The molecule has 0 aromatic heterocycles. The molecule has 0 amide bonds. The maximum absolute atomic E-state index is 13.5. The molecule has 0 radical (unpaired) electrons. The van der Waals surface area contributed by atoms with Crippen LogP contribution in [0.5, 0.6) is 17.2 Å². The molecule has 1 heterocycles. The van der Waals surface area contributed by atoms with Crippen LogP contribution in [-0.2, 0) is 31.4 Å². The molecule has 2 aromatic carbocycles. The molecule has 2 aromatic rings. The van der Waals surface area contributed by atoms with Crippen molar-refractivity contribution in [3.05, 3.63) is 42.0 Å². The van der Waals surface area contributed by atoms with Crippen molar-refractivity contribution in [3.8, 4) is 17.2 Å². The number of hydrogen-bond donors (Lipinski definition) is 3. The Balaban J connectivity index is 1.74. The van der Waals surface area contributed by atoms with Crippen molar-refractivity contribution in [1.29, 1.82) is 0 Å². The third kappa shape index (κ3) is 7.72. The fourth-order valence-electron chi connectivity index (χ4n) is 4.06. The summed E-state index contributed by atoms with van der Waals surface area (Å²) in [6, 6.07) is 8.54. The quantitative estimate of drug-likeness (QED) is 0.303. The van der Waals surface area contributed by atoms with E-state index in [4.69, 9.17) is 14.2 Å². The minimum absolute atomic E-state index is 0.0422. The minimum atomic E-state index is -4.14. The molecule has 0 saturated heterocycles. The SMILES string of the molecule is COc1cc(COc2ccc3c(c2)NCCN([C@H](CCCCNS(C)(=O)=O)C(=O)O)S3(=O)=O)cc(OC)c1. The van der Waals surface area contributed by atoms with Crippen molar-refractivity contribution in [2.75, 3.05) is 45.4 Å². The van der Waals surface area contributed by atoms with E-state index in [0.29, 0.717) is 35.8 Å². The highest BCUT2D eigenvalue weighted by Crippen LogP contribution is 2.33. The first-order chi connectivity index (χ1) is 17.9. The van der Waals surface area contributed by atoms with Crippen molar-refractivity contribution in [2.24, 2.45) is 0 Å². The summed E-state index contributed by atoms with van der Waals surface area (Å²) in [6.07, 6.45) is 1.78. The van der Waals surface area contributed by atoms with Crippen LogP contribution in [-0.4, -0.2) is 78.4 Å². The monoisotopic (exact) mass is 571 g/mol. The maximum Gasteiger partial charge on any atom is 0.322 e. The second kappa shape index (κ2) is 12.7. The Bertz CT molecular complexity index is 1330. The molecule has 0 unspecified atom stereocenters. The van der Waals surface area contributed by atoms with Gasteiger partial charge in [0.05, 0.1) is 26.2 Å². The molecule has 3 rings (SSSR count). The van der Waals surface area contributed by atoms with Crippen LogP contribution >= 0.6 is 0 Å². The van der Waals surface area contributed by atoms with Gasteiger partial charge in [0.1, 0.15) is 34.8 Å². The van der Waals surface area contributed by atoms with Crippen LogP contribution in [0.15, 0.2) is 41.3 Å². The van der Waals surface area contributed by atoms with Gasteiger partial charge in [0.2, 0.25) is 20.0 Å². The van der Waals surface area contributed by atoms with Gasteiger partial charge in [-0.3, -0.25) is 4.79 Å². The first-order valence-corrected chi connectivity index (χ1v) is 15.2. The van der Waals surface area contributed by atoms with Crippen LogP contribution < -0.4 is 24.2 Å². The fourth-order valence-corrected chi connectivity index (χ4v) is 6.34. The first-order valence-electron chi connectivity index (χ1n) is 11.9. The molecule has 12 nitrogen and oxygen atoms in total. The van der Waals surface area contributed by atoms with E-state index in [1.54, 1.807) is 38.5 Å². The van der Waals surface area contributed by atoms with Crippen molar-refractivity contribution in [3.63, 3.8) is 0 Å². The van der Waals surface area contributed by atoms with E-state index in [-0.39, 0.29) is 37.6 Å². The van der Waals surface area contributed by atoms with Crippen LogP contribution in [0.1, 0.15) is 24.8 Å². The van der Waals surface area contributed by atoms with E-state index in [9.17, 15) is 26.7 Å². The highest BCUT2D eigenvalue weighted by Gasteiger charge is 2.38. The lowest BCUT2D eigenvalue weighted by atomic mass is 10.1. The summed E-state index contributed by atoms with van der Waals surface area (Å²) < 4.78 is 69.1. The molecular weight excluding hydrogens is 538 g/mol. The Hall–Kier alpha value is -3.07. The second-order valence-corrected chi connectivity index (χ2v) is 12.4. The number of nitrogens with one attached hydrogen (secondary N) is 2. The molecule has 14 heteroatoms. The number of unbranched alkanes of at least 4 members (excludes halogenated alkanes) is 1. The number of rotatable bonds is 13. The third-order valence-corrected chi connectivity index (χ3v) is 8.60. The maximum atomic E-state index is 13.5. The number of carboxylic acid groups (broad SMARTS) is 1. The van der Waals surface area contributed by atoms with Crippen LogP contribution in [0.25, 0.3) is 0 Å². The standard InChI is InChI=1S/C24H33N3O9S2/c1-34-19-12-17(13-20(14-19)35-2)16-36-18-7-8-23-21(15-18)25-10-11-27(38(23,32)33)22(24(28)29)6-4-5-9-26-37(3,30)31/h7-8,12-15,22,25-26H,4-6,9-11,16H2,1-3H3,(H,28,29)/t22-/m1/s1. The van der Waals surface area contributed by atoms with Crippen LogP contribution in [0.4, 0.5) is 5.69 Å². The van der Waals surface area contributed by atoms with Crippen molar-refractivity contribution in [1.82, 2.24) is 9.03 Å². The van der Waals surface area contributed by atoms with E-state index >= 15 is 0 Å². The molecule has 0 spiro atoms. The average molecular weight is 572 g/mol. The van der Waals surface area contributed by atoms with E-state index < -0.39 is 32.1 Å². The summed E-state index contributed by atoms with van der Waals surface area (Å²) in [7, 11) is -4.40. The van der Waals surface area contributed by atoms with Crippen LogP contribution in [0.3, 0.4) is 0 Å². The molecule has 1 aliphatic rings. The number of nitrogens with zero attached hydrogens (tertiary/aromatic N) is 1. The highest BCUT2D eigenvalue weighted by atomic mass is 32.2. The van der Waals surface area contributed by atoms with E-state index in [2.05, 4.69) is 10.0 Å². The van der Waals surface area contributed by atoms with Gasteiger partial charge in [-0.15, -0.1) is 0 Å². The fraction of sp³-hybridized carbons (Fsp3) is 0.458. The van der Waals surface area contributed by atoms with Gasteiger partial charge in [-0.05, 0) is 49.1 Å². The number of aliphatic carboxylic acids is 1. The first kappa shape index (κ1) is 29.5. The van der Waals surface area contributed by atoms with Gasteiger partial charge >= 0.3 is 5.97 Å². The van der Waals surface area contributed by atoms with Gasteiger partial charge in [-0.25, -0.2) is 21.6 Å². The Morgan fingerprint density at radius 1 is 1.11 bits per heavy atom. The summed E-state index contributed by atoms with van der Waals surface area (Å²) in [5.74, 6) is 0.381. The van der Waals surface area contributed by atoms with Crippen molar-refractivity contribution < 1.29 is 40.9 Å². The lowest BCUT2D eigenvalue weighted by Gasteiger charge is -2.26. The van der Waals surface area contributed by atoms with Gasteiger partial charge in [0, 0.05) is 31.8 Å². The highest BCUT2D eigenvalue weighted by molar-refractivity contribution is 7.89. The van der Waals surface area contributed by atoms with Crippen molar-refractivity contribution >= 4 is 31.7 Å². The number of fused-ring (bicyclic) bond motifs is 1. The van der Waals surface area contributed by atoms with Crippen molar-refractivity contribution in [2.45, 2.75) is 36.8 Å². The van der Waals surface area contributed by atoms with E-state index in [1.807, 2.05) is 0 Å². The lowest BCUT2D eigenvalue weighted by molar-refractivity contribution is -0.141. The zero-order chi connectivity index (χ0) is 27.9.